The smallest absolute Gasteiger partial charge is 0.354 e. The Labute approximate surface area is 122 Å². The molecule has 0 spiro atoms. The molecule has 0 aliphatic rings. The maximum atomic E-state index is 11.3. The Morgan fingerprint density at radius 1 is 1.38 bits per heavy atom. The Hall–Kier alpha value is -2.94. The molecule has 0 bridgehead atoms. The number of hydrogen-bond acceptors (Lipinski definition) is 5. The number of benzene rings is 1. The zero-order valence-electron chi connectivity index (χ0n) is 11.6. The molecule has 1 aromatic heterocycles. The van der Waals surface area contributed by atoms with E-state index < -0.39 is 5.97 Å². The van der Waals surface area contributed by atoms with E-state index in [1.165, 1.54) is 7.11 Å². The van der Waals surface area contributed by atoms with Gasteiger partial charge in [-0.3, -0.25) is 0 Å². The molecule has 0 fully saturated rings. The fraction of sp³-hybridized carbons (Fsp3) is 0.200. The van der Waals surface area contributed by atoms with Crippen LogP contribution in [0, 0.1) is 11.3 Å². The number of nitrogens with one attached hydrogen (secondary N) is 2. The van der Waals surface area contributed by atoms with Gasteiger partial charge in [-0.05, 0) is 24.3 Å². The van der Waals surface area contributed by atoms with Crippen molar-refractivity contribution < 1.29 is 14.3 Å². The van der Waals surface area contributed by atoms with Crippen molar-refractivity contribution in [3.8, 4) is 11.8 Å². The van der Waals surface area contributed by atoms with Crippen LogP contribution in [0.4, 0.5) is 5.69 Å². The van der Waals surface area contributed by atoms with Crippen LogP contribution in [0.15, 0.2) is 36.4 Å². The van der Waals surface area contributed by atoms with E-state index in [0.717, 1.165) is 11.4 Å². The van der Waals surface area contributed by atoms with Crippen molar-refractivity contribution in [3.63, 3.8) is 0 Å². The Balaban J connectivity index is 1.95. The van der Waals surface area contributed by atoms with Crippen molar-refractivity contribution in [2.75, 3.05) is 19.0 Å². The lowest BCUT2D eigenvalue weighted by molar-refractivity contribution is 0.0594. The van der Waals surface area contributed by atoms with Gasteiger partial charge in [0.15, 0.2) is 6.61 Å². The quantitative estimate of drug-likeness (QED) is 0.795. The summed E-state index contributed by atoms with van der Waals surface area (Å²) in [5.74, 6) is 0.233. The van der Waals surface area contributed by atoms with Crippen molar-refractivity contribution in [1.82, 2.24) is 4.98 Å². The summed E-state index contributed by atoms with van der Waals surface area (Å²) in [5, 5.41) is 11.7. The zero-order valence-corrected chi connectivity index (χ0v) is 11.6. The molecule has 2 rings (SSSR count). The maximum Gasteiger partial charge on any atom is 0.354 e. The average molecular weight is 285 g/mol. The highest BCUT2D eigenvalue weighted by molar-refractivity contribution is 5.87. The standard InChI is InChI=1S/C15H15N3O3/c1-20-15(19)14-6-5-12(18-14)10-17-11-3-2-4-13(9-11)21-8-7-16/h2-6,9,17-18H,8,10H2,1H3. The van der Waals surface area contributed by atoms with Gasteiger partial charge in [-0.25, -0.2) is 4.79 Å². The van der Waals surface area contributed by atoms with E-state index in [-0.39, 0.29) is 6.61 Å². The monoisotopic (exact) mass is 285 g/mol. The highest BCUT2D eigenvalue weighted by atomic mass is 16.5. The van der Waals surface area contributed by atoms with E-state index in [1.807, 2.05) is 30.3 Å². The van der Waals surface area contributed by atoms with Crippen LogP contribution in [0.25, 0.3) is 0 Å². The van der Waals surface area contributed by atoms with E-state index >= 15 is 0 Å². The Morgan fingerprint density at radius 2 is 2.24 bits per heavy atom. The molecule has 0 saturated carbocycles. The molecule has 0 radical (unpaired) electrons. The van der Waals surface area contributed by atoms with Gasteiger partial charge in [0.1, 0.15) is 17.5 Å². The number of anilines is 1. The number of nitrogens with zero attached hydrogens (tertiary/aromatic N) is 1. The lowest BCUT2D eigenvalue weighted by atomic mass is 10.3. The average Bonchev–Trinajstić information content (AvgIpc) is 2.99. The molecule has 0 amide bonds. The molecule has 0 atom stereocenters. The van der Waals surface area contributed by atoms with Gasteiger partial charge in [-0.15, -0.1) is 0 Å². The summed E-state index contributed by atoms with van der Waals surface area (Å²) >= 11 is 0. The normalized spacial score (nSPS) is 9.71. The first-order valence-corrected chi connectivity index (χ1v) is 6.33. The van der Waals surface area contributed by atoms with E-state index in [2.05, 4.69) is 15.0 Å². The number of nitriles is 1. The molecule has 21 heavy (non-hydrogen) atoms. The number of methoxy groups -OCH3 is 1. The van der Waals surface area contributed by atoms with E-state index in [0.29, 0.717) is 18.0 Å². The molecule has 6 nitrogen and oxygen atoms in total. The van der Waals surface area contributed by atoms with Gasteiger partial charge in [0, 0.05) is 17.4 Å². The van der Waals surface area contributed by atoms with Gasteiger partial charge in [0.25, 0.3) is 0 Å². The highest BCUT2D eigenvalue weighted by Gasteiger charge is 2.07. The summed E-state index contributed by atoms with van der Waals surface area (Å²) < 4.78 is 9.86. The van der Waals surface area contributed by atoms with Crippen molar-refractivity contribution in [2.24, 2.45) is 0 Å². The second-order valence-electron chi connectivity index (χ2n) is 4.22. The Morgan fingerprint density at radius 3 is 3.00 bits per heavy atom. The molecular formula is C15H15N3O3. The molecule has 1 aromatic carbocycles. The minimum atomic E-state index is -0.395. The number of rotatable bonds is 6. The van der Waals surface area contributed by atoms with Crippen LogP contribution in [0.3, 0.4) is 0 Å². The van der Waals surface area contributed by atoms with Crippen LogP contribution in [0.2, 0.25) is 0 Å². The third-order valence-corrected chi connectivity index (χ3v) is 2.77. The summed E-state index contributed by atoms with van der Waals surface area (Å²) in [7, 11) is 1.34. The summed E-state index contributed by atoms with van der Waals surface area (Å²) in [4.78, 5) is 14.3. The topological polar surface area (TPSA) is 87.1 Å². The number of aromatic amines is 1. The van der Waals surface area contributed by atoms with Crippen LogP contribution in [-0.2, 0) is 11.3 Å². The molecule has 108 valence electrons. The first-order valence-electron chi connectivity index (χ1n) is 6.33. The second-order valence-corrected chi connectivity index (χ2v) is 4.22. The number of hydrogen-bond donors (Lipinski definition) is 2. The van der Waals surface area contributed by atoms with Gasteiger partial charge < -0.3 is 19.8 Å². The predicted molar refractivity (Wildman–Crippen MR) is 77.0 cm³/mol. The predicted octanol–water partition coefficient (Wildman–Crippen LogP) is 2.32. The van der Waals surface area contributed by atoms with Crippen LogP contribution in [-0.4, -0.2) is 24.7 Å². The molecule has 0 saturated heterocycles. The second kappa shape index (κ2) is 7.01. The van der Waals surface area contributed by atoms with Gasteiger partial charge in [0.2, 0.25) is 0 Å². The molecule has 0 aliphatic heterocycles. The van der Waals surface area contributed by atoms with Crippen molar-refractivity contribution in [2.45, 2.75) is 6.54 Å². The molecule has 0 unspecified atom stereocenters. The summed E-state index contributed by atoms with van der Waals surface area (Å²) in [6, 6.07) is 12.7. The number of carbonyl (C=O) groups is 1. The first kappa shape index (κ1) is 14.5. The van der Waals surface area contributed by atoms with Gasteiger partial charge in [-0.1, -0.05) is 6.07 Å². The van der Waals surface area contributed by atoms with Gasteiger partial charge in [-0.2, -0.15) is 5.26 Å². The summed E-state index contributed by atoms with van der Waals surface area (Å²) in [6.45, 7) is 0.543. The third-order valence-electron chi connectivity index (χ3n) is 2.77. The van der Waals surface area contributed by atoms with Crippen LogP contribution in [0.1, 0.15) is 16.2 Å². The summed E-state index contributed by atoms with van der Waals surface area (Å²) in [6.07, 6.45) is 0. The fourth-order valence-corrected chi connectivity index (χ4v) is 1.78. The van der Waals surface area contributed by atoms with Crippen molar-refractivity contribution in [1.29, 1.82) is 5.26 Å². The summed E-state index contributed by atoms with van der Waals surface area (Å²) in [5.41, 5.74) is 2.14. The SMILES string of the molecule is COC(=O)c1ccc(CNc2cccc(OCC#N)c2)[nH]1. The Kier molecular flexibility index (Phi) is 4.83. The number of esters is 1. The first-order chi connectivity index (χ1) is 10.2. The lowest BCUT2D eigenvalue weighted by Crippen LogP contribution is -2.04. The number of ether oxygens (including phenoxy) is 2. The largest absolute Gasteiger partial charge is 0.479 e. The molecule has 2 aromatic rings. The molecule has 6 heteroatoms. The molecule has 1 heterocycles. The van der Waals surface area contributed by atoms with E-state index in [4.69, 9.17) is 10.00 Å². The fourth-order valence-electron chi connectivity index (χ4n) is 1.78. The van der Waals surface area contributed by atoms with Crippen molar-refractivity contribution >= 4 is 11.7 Å². The van der Waals surface area contributed by atoms with Gasteiger partial charge >= 0.3 is 5.97 Å². The Bertz CT molecular complexity index is 658. The number of carbonyl (C=O) groups excluding carboxylic acids is 1. The van der Waals surface area contributed by atoms with Crippen LogP contribution in [0.5, 0.6) is 5.75 Å². The van der Waals surface area contributed by atoms with E-state index in [1.54, 1.807) is 12.1 Å². The number of aromatic nitrogens is 1. The van der Waals surface area contributed by atoms with Gasteiger partial charge in [0.05, 0.1) is 13.7 Å². The molecule has 0 aliphatic carbocycles. The van der Waals surface area contributed by atoms with Crippen molar-refractivity contribution in [3.05, 3.63) is 47.8 Å². The van der Waals surface area contributed by atoms with Crippen LogP contribution < -0.4 is 10.1 Å². The molecule has 2 N–H and O–H groups in total. The minimum Gasteiger partial charge on any atom is -0.479 e. The zero-order chi connectivity index (χ0) is 15.1. The molecular weight excluding hydrogens is 270 g/mol. The van der Waals surface area contributed by atoms with E-state index in [9.17, 15) is 4.79 Å². The third kappa shape index (κ3) is 4.01. The maximum absolute atomic E-state index is 11.3. The lowest BCUT2D eigenvalue weighted by Gasteiger charge is -2.07. The minimum absolute atomic E-state index is 0.0164. The highest BCUT2D eigenvalue weighted by Crippen LogP contribution is 2.18. The number of H-pyrrole nitrogens is 1. The van der Waals surface area contributed by atoms with Crippen LogP contribution >= 0.6 is 0 Å².